The number of hydrogen-bond donors (Lipinski definition) is 0. The molecular formula is C44H38F2N2O4. The first kappa shape index (κ1) is 33.5. The predicted octanol–water partition coefficient (Wildman–Crippen LogP) is 9.65. The van der Waals surface area contributed by atoms with Crippen LogP contribution >= 0.6 is 0 Å². The third-order valence-corrected chi connectivity index (χ3v) is 10.5. The van der Waals surface area contributed by atoms with Crippen molar-refractivity contribution in [2.24, 2.45) is 0 Å². The Balaban J connectivity index is 1.29. The van der Waals surface area contributed by atoms with Gasteiger partial charge in [0.2, 0.25) is 5.43 Å². The van der Waals surface area contributed by atoms with Crippen LogP contribution in [-0.2, 0) is 16.8 Å². The van der Waals surface area contributed by atoms with Crippen LogP contribution in [-0.4, -0.2) is 28.7 Å². The van der Waals surface area contributed by atoms with Gasteiger partial charge in [0.1, 0.15) is 5.56 Å². The Morgan fingerprint density at radius 2 is 1.44 bits per heavy atom. The average molecular weight is 697 g/mol. The number of ether oxygens (including phenoxy) is 2. The first-order chi connectivity index (χ1) is 25.3. The van der Waals surface area contributed by atoms with Gasteiger partial charge in [-0.1, -0.05) is 103 Å². The van der Waals surface area contributed by atoms with Crippen LogP contribution in [0.5, 0.6) is 5.75 Å². The highest BCUT2D eigenvalue weighted by molar-refractivity contribution is 5.98. The second kappa shape index (κ2) is 13.5. The summed E-state index contributed by atoms with van der Waals surface area (Å²) in [6.07, 6.45) is 3.02. The van der Waals surface area contributed by atoms with Gasteiger partial charge in [0.15, 0.2) is 5.75 Å². The number of nitrogens with zero attached hydrogens (tertiary/aromatic N) is 2. The maximum absolute atomic E-state index is 14.2. The highest BCUT2D eigenvalue weighted by atomic mass is 19.3. The molecule has 8 rings (SSSR count). The van der Waals surface area contributed by atoms with Crippen LogP contribution in [0, 0.1) is 0 Å². The molecule has 8 heteroatoms. The molecule has 5 aromatic carbocycles. The molecule has 6 nitrogen and oxygen atoms in total. The van der Waals surface area contributed by atoms with Gasteiger partial charge >= 0.3 is 12.6 Å². The predicted molar refractivity (Wildman–Crippen MR) is 198 cm³/mol. The Bertz CT molecular complexity index is 2230. The number of aromatic nitrogens is 1. The molecule has 52 heavy (non-hydrogen) atoms. The van der Waals surface area contributed by atoms with Crippen molar-refractivity contribution in [2.45, 2.75) is 57.5 Å². The van der Waals surface area contributed by atoms with Crippen LogP contribution in [0.3, 0.4) is 0 Å². The molecule has 2 aliphatic rings. The Morgan fingerprint density at radius 1 is 0.846 bits per heavy atom. The first-order valence-electron chi connectivity index (χ1n) is 17.7. The molecule has 1 aliphatic carbocycles. The standard InChI is InChI=1S/C44H38F2N2O4/c1-3-51-42(50)38-27-47(34-20-21-34)39-37(40(38)49)24-23-36(41(39)52-43(45)46)29-19-22-35-28(2)48(26-30(35)25-29)44(31-13-7-4-8-14-31,32-15-9-5-10-16-32)33-17-11-6-12-18-33/h4-19,22-25,27-28,34,43H,3,20-21,26H2,1-2H3/t28-/m1/s1. The third-order valence-electron chi connectivity index (χ3n) is 10.5. The number of halogens is 2. The van der Waals surface area contributed by atoms with Crippen LogP contribution in [0.25, 0.3) is 22.0 Å². The molecule has 0 amide bonds. The van der Waals surface area contributed by atoms with Gasteiger partial charge in [0.05, 0.1) is 23.0 Å². The summed E-state index contributed by atoms with van der Waals surface area (Å²) in [5.74, 6) is -0.818. The third kappa shape index (κ3) is 5.58. The fourth-order valence-corrected chi connectivity index (χ4v) is 8.10. The number of esters is 1. The van der Waals surface area contributed by atoms with E-state index in [9.17, 15) is 18.4 Å². The van der Waals surface area contributed by atoms with Crippen molar-refractivity contribution in [1.82, 2.24) is 9.47 Å². The van der Waals surface area contributed by atoms with Crippen molar-refractivity contribution in [3.05, 3.63) is 171 Å². The van der Waals surface area contributed by atoms with Gasteiger partial charge in [-0.3, -0.25) is 9.69 Å². The Labute approximate surface area is 300 Å². The van der Waals surface area contributed by atoms with E-state index in [0.29, 0.717) is 17.7 Å². The molecule has 2 heterocycles. The van der Waals surface area contributed by atoms with Gasteiger partial charge in [-0.2, -0.15) is 8.78 Å². The van der Waals surface area contributed by atoms with E-state index in [0.717, 1.165) is 40.7 Å². The van der Waals surface area contributed by atoms with Crippen LogP contribution in [0.2, 0.25) is 0 Å². The molecule has 1 aliphatic heterocycles. The Kier molecular flexibility index (Phi) is 8.71. The zero-order chi connectivity index (χ0) is 36.0. The average Bonchev–Trinajstić information content (AvgIpc) is 3.96. The van der Waals surface area contributed by atoms with Crippen molar-refractivity contribution >= 4 is 16.9 Å². The van der Waals surface area contributed by atoms with Gasteiger partial charge in [0.25, 0.3) is 0 Å². The van der Waals surface area contributed by atoms with Crippen molar-refractivity contribution < 1.29 is 23.0 Å². The number of pyridine rings is 1. The van der Waals surface area contributed by atoms with Gasteiger partial charge in [-0.05, 0) is 78.3 Å². The second-order valence-corrected chi connectivity index (χ2v) is 13.5. The maximum atomic E-state index is 14.2. The molecule has 6 aromatic rings. The number of alkyl halides is 2. The number of fused-ring (bicyclic) bond motifs is 2. The molecular weight excluding hydrogens is 658 g/mol. The SMILES string of the molecule is CCOC(=O)c1cn(C2CC2)c2c(OC(F)F)c(-c3ccc4c(c3)CN(C(c3ccccc3)(c3ccccc3)c3ccccc3)[C@@H]4C)ccc2c1=O. The normalized spacial score (nSPS) is 15.9. The molecule has 1 aromatic heterocycles. The summed E-state index contributed by atoms with van der Waals surface area (Å²) in [7, 11) is 0. The number of benzene rings is 5. The number of carbonyl (C=O) groups excluding carboxylic acids is 1. The molecule has 1 saturated carbocycles. The van der Waals surface area contributed by atoms with Crippen LogP contribution < -0.4 is 10.2 Å². The van der Waals surface area contributed by atoms with E-state index < -0.39 is 23.5 Å². The zero-order valence-electron chi connectivity index (χ0n) is 29.0. The van der Waals surface area contributed by atoms with Crippen molar-refractivity contribution in [2.75, 3.05) is 6.61 Å². The Morgan fingerprint density at radius 3 is 1.98 bits per heavy atom. The van der Waals surface area contributed by atoms with Crippen molar-refractivity contribution in [3.8, 4) is 16.9 Å². The summed E-state index contributed by atoms with van der Waals surface area (Å²) in [4.78, 5) is 28.9. The minimum atomic E-state index is -3.13. The minimum absolute atomic E-state index is 0.0144. The van der Waals surface area contributed by atoms with Crippen molar-refractivity contribution in [3.63, 3.8) is 0 Å². The largest absolute Gasteiger partial charge is 0.462 e. The molecule has 0 radical (unpaired) electrons. The van der Waals surface area contributed by atoms with Gasteiger partial charge in [-0.15, -0.1) is 0 Å². The van der Waals surface area contributed by atoms with Crippen molar-refractivity contribution in [1.29, 1.82) is 0 Å². The molecule has 262 valence electrons. The molecule has 0 bridgehead atoms. The molecule has 0 saturated heterocycles. The number of hydrogen-bond acceptors (Lipinski definition) is 5. The fraction of sp³-hybridized carbons (Fsp3) is 0.227. The lowest BCUT2D eigenvalue weighted by Crippen LogP contribution is -2.46. The van der Waals surface area contributed by atoms with E-state index in [4.69, 9.17) is 9.47 Å². The van der Waals surface area contributed by atoms with E-state index >= 15 is 0 Å². The van der Waals surface area contributed by atoms with Crippen LogP contribution in [0.15, 0.2) is 132 Å². The minimum Gasteiger partial charge on any atom is -0.462 e. The van der Waals surface area contributed by atoms with E-state index in [-0.39, 0.29) is 40.9 Å². The maximum Gasteiger partial charge on any atom is 0.387 e. The highest BCUT2D eigenvalue weighted by Crippen LogP contribution is 2.51. The topological polar surface area (TPSA) is 60.8 Å². The molecule has 1 fully saturated rings. The van der Waals surface area contributed by atoms with E-state index in [1.807, 2.05) is 24.3 Å². The molecule has 0 unspecified atom stereocenters. The molecule has 1 atom stereocenters. The smallest absolute Gasteiger partial charge is 0.387 e. The lowest BCUT2D eigenvalue weighted by Gasteiger charge is -2.46. The summed E-state index contributed by atoms with van der Waals surface area (Å²) in [6, 6.07) is 40.9. The first-order valence-corrected chi connectivity index (χ1v) is 17.7. The zero-order valence-corrected chi connectivity index (χ0v) is 29.0. The summed E-state index contributed by atoms with van der Waals surface area (Å²) in [6.45, 7) is 1.44. The van der Waals surface area contributed by atoms with Gasteiger partial charge in [-0.25, -0.2) is 4.79 Å². The summed E-state index contributed by atoms with van der Waals surface area (Å²) < 4.78 is 40.7. The molecule has 0 spiro atoms. The molecule has 0 N–H and O–H groups in total. The van der Waals surface area contributed by atoms with Gasteiger partial charge < -0.3 is 14.0 Å². The monoisotopic (exact) mass is 696 g/mol. The lowest BCUT2D eigenvalue weighted by atomic mass is 9.75. The number of carbonyl (C=O) groups is 1. The second-order valence-electron chi connectivity index (χ2n) is 13.5. The van der Waals surface area contributed by atoms with E-state index in [1.54, 1.807) is 23.6 Å². The van der Waals surface area contributed by atoms with Crippen LogP contribution in [0.1, 0.15) is 76.9 Å². The van der Waals surface area contributed by atoms with Crippen LogP contribution in [0.4, 0.5) is 8.78 Å². The van der Waals surface area contributed by atoms with E-state index in [2.05, 4.69) is 96.8 Å². The summed E-state index contributed by atoms with van der Waals surface area (Å²) in [5.41, 5.74) is 5.66. The Hall–Kier alpha value is -5.60. The van der Waals surface area contributed by atoms with Gasteiger partial charge in [0, 0.05) is 30.4 Å². The quantitative estimate of drug-likeness (QED) is 0.106. The lowest BCUT2D eigenvalue weighted by molar-refractivity contribution is -0.0486. The fourth-order valence-electron chi connectivity index (χ4n) is 8.10. The summed E-state index contributed by atoms with van der Waals surface area (Å²) in [5, 5.41) is 0.135. The van der Waals surface area contributed by atoms with E-state index in [1.165, 1.54) is 6.20 Å². The number of rotatable bonds is 10. The highest BCUT2D eigenvalue weighted by Gasteiger charge is 2.47. The summed E-state index contributed by atoms with van der Waals surface area (Å²) >= 11 is 0.